The van der Waals surface area contributed by atoms with E-state index in [2.05, 4.69) is 5.32 Å². The Morgan fingerprint density at radius 1 is 1.18 bits per heavy atom. The number of hydrogen-bond acceptors (Lipinski definition) is 7. The van der Waals surface area contributed by atoms with Crippen LogP contribution in [0.2, 0.25) is 0 Å². The van der Waals surface area contributed by atoms with Crippen molar-refractivity contribution in [2.45, 2.75) is 25.9 Å². The van der Waals surface area contributed by atoms with Crippen LogP contribution in [0, 0.1) is 5.92 Å². The summed E-state index contributed by atoms with van der Waals surface area (Å²) in [5.74, 6) is 0.460. The fraction of sp³-hybridized carbons (Fsp3) is 0.333. The second-order valence-corrected chi connectivity index (χ2v) is 7.42. The summed E-state index contributed by atoms with van der Waals surface area (Å²) in [4.78, 5) is 23.5. The van der Waals surface area contributed by atoms with E-state index < -0.39 is 18.2 Å². The predicted molar refractivity (Wildman–Crippen MR) is 120 cm³/mol. The van der Waals surface area contributed by atoms with Crippen molar-refractivity contribution >= 4 is 17.7 Å². The first-order chi connectivity index (χ1) is 16.0. The van der Waals surface area contributed by atoms with E-state index in [0.717, 1.165) is 6.08 Å². The second-order valence-electron chi connectivity index (χ2n) is 7.42. The molecule has 3 N–H and O–H groups in total. The molecule has 9 nitrogen and oxygen atoms in total. The molecule has 1 amide bonds. The molecule has 1 aliphatic rings. The molecule has 2 atom stereocenters. The van der Waals surface area contributed by atoms with E-state index in [-0.39, 0.29) is 25.9 Å². The number of aliphatic carboxylic acids is 1. The number of aliphatic hydroxyl groups is 1. The zero-order chi connectivity index (χ0) is 23.6. The first-order valence-corrected chi connectivity index (χ1v) is 10.6. The minimum atomic E-state index is -1.01. The van der Waals surface area contributed by atoms with Crippen molar-refractivity contribution in [3.8, 4) is 17.2 Å². The number of carbonyl (C=O) groups excluding carboxylic acids is 1. The molecule has 1 aliphatic heterocycles. The molecule has 2 aromatic carbocycles. The molecule has 0 saturated heterocycles. The number of allylic oxidation sites excluding steroid dienone is 1. The Labute approximate surface area is 191 Å². The maximum Gasteiger partial charge on any atom is 0.412 e. The van der Waals surface area contributed by atoms with Gasteiger partial charge in [0, 0.05) is 23.4 Å². The van der Waals surface area contributed by atoms with Gasteiger partial charge in [0.1, 0.15) is 18.5 Å². The van der Waals surface area contributed by atoms with E-state index in [1.165, 1.54) is 0 Å². The molecule has 9 heteroatoms. The minimum absolute atomic E-state index is 0.100. The number of rotatable bonds is 11. The number of benzene rings is 2. The Kier molecular flexibility index (Phi) is 8.54. The van der Waals surface area contributed by atoms with Crippen LogP contribution in [0.5, 0.6) is 17.2 Å². The average Bonchev–Trinajstić information content (AvgIpc) is 3.27. The summed E-state index contributed by atoms with van der Waals surface area (Å²) in [6.07, 6.45) is 2.39. The lowest BCUT2D eigenvalue weighted by Crippen LogP contribution is -2.22. The molecule has 0 spiro atoms. The molecule has 3 rings (SSSR count). The van der Waals surface area contributed by atoms with Crippen molar-refractivity contribution in [2.24, 2.45) is 5.92 Å². The van der Waals surface area contributed by atoms with Crippen LogP contribution in [-0.2, 0) is 9.53 Å². The highest BCUT2D eigenvalue weighted by Crippen LogP contribution is 2.37. The number of anilines is 1. The smallest absolute Gasteiger partial charge is 0.412 e. The maximum absolute atomic E-state index is 12.8. The Hall–Kier alpha value is -3.72. The normalized spacial score (nSPS) is 14.0. The van der Waals surface area contributed by atoms with Crippen LogP contribution >= 0.6 is 0 Å². The highest BCUT2D eigenvalue weighted by Gasteiger charge is 2.27. The van der Waals surface area contributed by atoms with Gasteiger partial charge in [-0.05, 0) is 37.0 Å². The van der Waals surface area contributed by atoms with Crippen molar-refractivity contribution in [2.75, 3.05) is 25.3 Å². The van der Waals surface area contributed by atoms with Crippen LogP contribution in [0.25, 0.3) is 0 Å². The van der Waals surface area contributed by atoms with Gasteiger partial charge < -0.3 is 29.2 Å². The van der Waals surface area contributed by atoms with Crippen molar-refractivity contribution in [1.29, 1.82) is 0 Å². The quantitative estimate of drug-likeness (QED) is 0.430. The molecule has 33 heavy (non-hydrogen) atoms. The first-order valence-electron chi connectivity index (χ1n) is 10.6. The summed E-state index contributed by atoms with van der Waals surface area (Å²) in [5.41, 5.74) is 1.14. The standard InChI is InChI=1S/C24H27NO8/c1-16(6-2-5-9-22(27)28)23(18-7-3-4-8-19(18)30-13-12-26)33-24(29)25-17-10-11-20-21(14-17)32-15-31-20/h3-5,7-11,14,16,23,26H,2,6,12-13,15H2,1H3,(H,25,29)(H,27,28)/b9-5+/t16-,23-/m1/s1. The van der Waals surface area contributed by atoms with Gasteiger partial charge in [-0.3, -0.25) is 5.32 Å². The Morgan fingerprint density at radius 3 is 2.76 bits per heavy atom. The monoisotopic (exact) mass is 457 g/mol. The summed E-state index contributed by atoms with van der Waals surface area (Å²) in [6, 6.07) is 12.2. The lowest BCUT2D eigenvalue weighted by molar-refractivity contribution is -0.131. The molecular weight excluding hydrogens is 430 g/mol. The van der Waals surface area contributed by atoms with Gasteiger partial charge in [-0.15, -0.1) is 0 Å². The van der Waals surface area contributed by atoms with Crippen LogP contribution < -0.4 is 19.5 Å². The largest absolute Gasteiger partial charge is 0.491 e. The summed E-state index contributed by atoms with van der Waals surface area (Å²) in [7, 11) is 0. The lowest BCUT2D eigenvalue weighted by Gasteiger charge is -2.26. The fourth-order valence-corrected chi connectivity index (χ4v) is 3.42. The number of carboxylic acid groups (broad SMARTS) is 1. The zero-order valence-electron chi connectivity index (χ0n) is 18.2. The highest BCUT2D eigenvalue weighted by molar-refractivity contribution is 5.85. The number of amides is 1. The number of carbonyl (C=O) groups is 2. The van der Waals surface area contributed by atoms with Gasteiger partial charge in [-0.25, -0.2) is 9.59 Å². The molecule has 0 fully saturated rings. The van der Waals surface area contributed by atoms with E-state index in [0.29, 0.717) is 41.3 Å². The van der Waals surface area contributed by atoms with E-state index in [4.69, 9.17) is 29.2 Å². The number of para-hydroxylation sites is 1. The number of hydrogen-bond donors (Lipinski definition) is 3. The van der Waals surface area contributed by atoms with Crippen LogP contribution in [0.4, 0.5) is 10.5 Å². The molecule has 0 saturated carbocycles. The number of ether oxygens (including phenoxy) is 4. The number of carboxylic acids is 1. The summed E-state index contributed by atoms with van der Waals surface area (Å²) in [6.45, 7) is 1.99. The fourth-order valence-electron chi connectivity index (χ4n) is 3.42. The van der Waals surface area contributed by atoms with Gasteiger partial charge in [0.15, 0.2) is 11.5 Å². The van der Waals surface area contributed by atoms with Crippen molar-refractivity contribution < 1.29 is 38.7 Å². The molecule has 2 aromatic rings. The first kappa shape index (κ1) is 23.9. The topological polar surface area (TPSA) is 124 Å². The van der Waals surface area contributed by atoms with Gasteiger partial charge >= 0.3 is 12.1 Å². The molecule has 0 aromatic heterocycles. The van der Waals surface area contributed by atoms with Crippen LogP contribution in [-0.4, -0.2) is 42.3 Å². The molecule has 0 aliphatic carbocycles. The van der Waals surface area contributed by atoms with Gasteiger partial charge in [-0.2, -0.15) is 0 Å². The van der Waals surface area contributed by atoms with Crippen LogP contribution in [0.15, 0.2) is 54.6 Å². The third-order valence-electron chi connectivity index (χ3n) is 4.99. The van der Waals surface area contributed by atoms with Crippen molar-refractivity contribution in [3.05, 3.63) is 60.2 Å². The van der Waals surface area contributed by atoms with Gasteiger partial charge in [0.05, 0.1) is 6.61 Å². The van der Waals surface area contributed by atoms with Crippen LogP contribution in [0.3, 0.4) is 0 Å². The van der Waals surface area contributed by atoms with Gasteiger partial charge in [0.2, 0.25) is 6.79 Å². The second kappa shape index (κ2) is 11.8. The SMILES string of the molecule is C[C@H](CC/C=C/C(=O)O)[C@@H](OC(=O)Nc1ccc2c(c1)OCO2)c1ccccc1OCCO. The number of aliphatic hydroxyl groups excluding tert-OH is 1. The summed E-state index contributed by atoms with van der Waals surface area (Å²) in [5, 5.41) is 20.6. The average molecular weight is 457 g/mol. The summed E-state index contributed by atoms with van der Waals surface area (Å²) < 4.78 is 22.1. The van der Waals surface area contributed by atoms with Gasteiger partial charge in [-0.1, -0.05) is 31.2 Å². The maximum atomic E-state index is 12.8. The minimum Gasteiger partial charge on any atom is -0.491 e. The van der Waals surface area contributed by atoms with Crippen LogP contribution in [0.1, 0.15) is 31.4 Å². The number of fused-ring (bicyclic) bond motifs is 1. The van der Waals surface area contributed by atoms with E-state index in [1.807, 2.05) is 13.0 Å². The van der Waals surface area contributed by atoms with Gasteiger partial charge in [0.25, 0.3) is 0 Å². The third kappa shape index (κ3) is 6.88. The Morgan fingerprint density at radius 2 is 1.97 bits per heavy atom. The van der Waals surface area contributed by atoms with E-state index in [9.17, 15) is 9.59 Å². The van der Waals surface area contributed by atoms with E-state index >= 15 is 0 Å². The van der Waals surface area contributed by atoms with Crippen molar-refractivity contribution in [3.63, 3.8) is 0 Å². The lowest BCUT2D eigenvalue weighted by atomic mass is 9.92. The van der Waals surface area contributed by atoms with Crippen molar-refractivity contribution in [1.82, 2.24) is 0 Å². The summed E-state index contributed by atoms with van der Waals surface area (Å²) >= 11 is 0. The number of nitrogens with one attached hydrogen (secondary N) is 1. The zero-order valence-corrected chi connectivity index (χ0v) is 18.2. The molecule has 0 radical (unpaired) electrons. The Balaban J connectivity index is 1.76. The predicted octanol–water partition coefficient (Wildman–Crippen LogP) is 4.13. The molecular formula is C24H27NO8. The molecule has 0 unspecified atom stereocenters. The molecule has 0 bridgehead atoms. The molecule has 176 valence electrons. The molecule has 1 heterocycles. The third-order valence-corrected chi connectivity index (χ3v) is 4.99. The van der Waals surface area contributed by atoms with E-state index in [1.54, 1.807) is 42.5 Å². The Bertz CT molecular complexity index is 990. The highest BCUT2D eigenvalue weighted by atomic mass is 16.7.